The highest BCUT2D eigenvalue weighted by Gasteiger charge is 2.14. The summed E-state index contributed by atoms with van der Waals surface area (Å²) in [4.78, 5) is 11.6. The van der Waals surface area contributed by atoms with E-state index in [1.807, 2.05) is 32.5 Å². The molecule has 0 fully saturated rings. The highest BCUT2D eigenvalue weighted by molar-refractivity contribution is 7.99. The maximum absolute atomic E-state index is 11.6. The van der Waals surface area contributed by atoms with Crippen LogP contribution >= 0.6 is 11.8 Å². The topological polar surface area (TPSA) is 61.4 Å². The highest BCUT2D eigenvalue weighted by atomic mass is 32.2. The second-order valence-electron chi connectivity index (χ2n) is 4.45. The third-order valence-electron chi connectivity index (χ3n) is 2.78. The molecule has 3 N–H and O–H groups in total. The molecule has 0 bridgehead atoms. The number of aliphatic hydroxyl groups excluding tert-OH is 1. The van der Waals surface area contributed by atoms with Crippen LogP contribution in [0.15, 0.2) is 0 Å². The van der Waals surface area contributed by atoms with Gasteiger partial charge in [0.15, 0.2) is 0 Å². The van der Waals surface area contributed by atoms with Gasteiger partial charge in [-0.2, -0.15) is 11.8 Å². The van der Waals surface area contributed by atoms with Gasteiger partial charge in [0, 0.05) is 18.7 Å². The average Bonchev–Trinajstić information content (AvgIpc) is 2.27. The first kappa shape index (κ1) is 16.6. The molecule has 0 radical (unpaired) electrons. The minimum Gasteiger partial charge on any atom is -0.396 e. The van der Waals surface area contributed by atoms with Gasteiger partial charge in [-0.25, -0.2) is 4.79 Å². The Labute approximate surface area is 109 Å². The lowest BCUT2D eigenvalue weighted by atomic mass is 10.1. The van der Waals surface area contributed by atoms with Crippen LogP contribution in [0.1, 0.15) is 34.1 Å². The van der Waals surface area contributed by atoms with E-state index in [9.17, 15) is 4.79 Å². The summed E-state index contributed by atoms with van der Waals surface area (Å²) in [6.45, 7) is 8.04. The molecule has 3 unspecified atom stereocenters. The number of carbonyl (C=O) groups excluding carboxylic acids is 1. The molecule has 2 amide bonds. The molecule has 3 atom stereocenters. The van der Waals surface area contributed by atoms with Gasteiger partial charge in [0.1, 0.15) is 0 Å². The van der Waals surface area contributed by atoms with Crippen LogP contribution < -0.4 is 10.6 Å². The van der Waals surface area contributed by atoms with Gasteiger partial charge in [-0.3, -0.25) is 0 Å². The first-order valence-corrected chi connectivity index (χ1v) is 7.42. The second kappa shape index (κ2) is 9.59. The van der Waals surface area contributed by atoms with Crippen molar-refractivity contribution in [2.45, 2.75) is 46.2 Å². The predicted molar refractivity (Wildman–Crippen MR) is 74.5 cm³/mol. The average molecular weight is 262 g/mol. The summed E-state index contributed by atoms with van der Waals surface area (Å²) >= 11 is 1.88. The minimum atomic E-state index is -0.146. The van der Waals surface area contributed by atoms with E-state index in [0.29, 0.717) is 0 Å². The summed E-state index contributed by atoms with van der Waals surface area (Å²) < 4.78 is 0. The molecule has 0 rings (SSSR count). The number of hydrogen-bond donors (Lipinski definition) is 3. The van der Waals surface area contributed by atoms with Gasteiger partial charge >= 0.3 is 6.03 Å². The van der Waals surface area contributed by atoms with Crippen LogP contribution in [0.3, 0.4) is 0 Å². The third-order valence-corrected chi connectivity index (χ3v) is 3.71. The quantitative estimate of drug-likeness (QED) is 0.585. The summed E-state index contributed by atoms with van der Waals surface area (Å²) in [6.07, 6.45) is 0.982. The number of hydrogen-bond acceptors (Lipinski definition) is 3. The molecule has 0 aromatic rings. The first-order chi connectivity index (χ1) is 8.01. The van der Waals surface area contributed by atoms with Crippen molar-refractivity contribution in [1.29, 1.82) is 0 Å². The Bertz CT molecular complexity index is 215. The largest absolute Gasteiger partial charge is 0.396 e. The van der Waals surface area contributed by atoms with E-state index in [1.165, 1.54) is 0 Å². The first-order valence-electron chi connectivity index (χ1n) is 6.26. The van der Waals surface area contributed by atoms with E-state index >= 15 is 0 Å². The molecule has 0 aliphatic rings. The van der Waals surface area contributed by atoms with Crippen molar-refractivity contribution in [1.82, 2.24) is 10.6 Å². The Morgan fingerprint density at radius 1 is 1.29 bits per heavy atom. The monoisotopic (exact) mass is 262 g/mol. The number of carbonyl (C=O) groups is 1. The number of urea groups is 1. The van der Waals surface area contributed by atoms with E-state index in [4.69, 9.17) is 5.11 Å². The number of thioether (sulfide) groups is 1. The van der Waals surface area contributed by atoms with E-state index in [0.717, 1.165) is 17.9 Å². The normalized spacial score (nSPS) is 16.1. The Kier molecular flexibility index (Phi) is 9.36. The molecular weight excluding hydrogens is 236 g/mol. The maximum Gasteiger partial charge on any atom is 0.315 e. The van der Waals surface area contributed by atoms with Gasteiger partial charge in [0.2, 0.25) is 0 Å². The molecule has 0 aromatic heterocycles. The molecule has 5 heteroatoms. The summed E-state index contributed by atoms with van der Waals surface area (Å²) in [5, 5.41) is 14.7. The molecule has 0 heterocycles. The van der Waals surface area contributed by atoms with Gasteiger partial charge in [0.05, 0.1) is 0 Å². The van der Waals surface area contributed by atoms with E-state index in [1.54, 1.807) is 0 Å². The van der Waals surface area contributed by atoms with Crippen LogP contribution in [-0.4, -0.2) is 41.3 Å². The molecule has 0 saturated heterocycles. The summed E-state index contributed by atoms with van der Waals surface area (Å²) in [5.41, 5.74) is 0. The van der Waals surface area contributed by atoms with Crippen molar-refractivity contribution in [2.24, 2.45) is 5.92 Å². The van der Waals surface area contributed by atoms with Crippen molar-refractivity contribution >= 4 is 17.8 Å². The number of amides is 2. The predicted octanol–water partition coefficient (Wildman–Crippen LogP) is 1.83. The van der Waals surface area contributed by atoms with Crippen LogP contribution in [0.2, 0.25) is 0 Å². The maximum atomic E-state index is 11.6. The number of aliphatic hydroxyl groups is 1. The zero-order valence-electron chi connectivity index (χ0n) is 11.3. The number of rotatable bonds is 8. The molecule has 4 nitrogen and oxygen atoms in total. The highest BCUT2D eigenvalue weighted by Crippen LogP contribution is 2.04. The molecule has 0 spiro atoms. The zero-order chi connectivity index (χ0) is 13.3. The van der Waals surface area contributed by atoms with Crippen LogP contribution in [0.25, 0.3) is 0 Å². The van der Waals surface area contributed by atoms with E-state index < -0.39 is 0 Å². The number of nitrogens with one attached hydrogen (secondary N) is 2. The van der Waals surface area contributed by atoms with Gasteiger partial charge in [-0.15, -0.1) is 0 Å². The Balaban J connectivity index is 3.77. The molecule has 0 aromatic carbocycles. The third kappa shape index (κ3) is 8.32. The van der Waals surface area contributed by atoms with Gasteiger partial charge < -0.3 is 15.7 Å². The molecule has 102 valence electrons. The van der Waals surface area contributed by atoms with Gasteiger partial charge in [-0.1, -0.05) is 13.8 Å². The summed E-state index contributed by atoms with van der Waals surface area (Å²) in [7, 11) is 0. The van der Waals surface area contributed by atoms with Crippen molar-refractivity contribution in [3.05, 3.63) is 0 Å². The molecule has 0 saturated carbocycles. The molecule has 0 aliphatic carbocycles. The SMILES string of the molecule is CCSCCC(C)NC(=O)NC(C)C(C)CO. The Morgan fingerprint density at radius 2 is 1.94 bits per heavy atom. The van der Waals surface area contributed by atoms with Crippen LogP contribution in [0, 0.1) is 5.92 Å². The zero-order valence-corrected chi connectivity index (χ0v) is 12.1. The smallest absolute Gasteiger partial charge is 0.315 e. The van der Waals surface area contributed by atoms with Crippen molar-refractivity contribution in [3.8, 4) is 0 Å². The van der Waals surface area contributed by atoms with E-state index in [2.05, 4.69) is 17.6 Å². The van der Waals surface area contributed by atoms with Crippen molar-refractivity contribution < 1.29 is 9.90 Å². The lowest BCUT2D eigenvalue weighted by Crippen LogP contribution is -2.47. The van der Waals surface area contributed by atoms with Crippen LogP contribution in [-0.2, 0) is 0 Å². The standard InChI is InChI=1S/C12H26N2O2S/c1-5-17-7-6-10(3)13-12(16)14-11(4)9(2)8-15/h9-11,15H,5-8H2,1-4H3,(H2,13,14,16). The summed E-state index contributed by atoms with van der Waals surface area (Å²) in [5.74, 6) is 2.26. The Morgan fingerprint density at radius 3 is 2.47 bits per heavy atom. The van der Waals surface area contributed by atoms with Crippen LogP contribution in [0.4, 0.5) is 4.79 Å². The fourth-order valence-corrected chi connectivity index (χ4v) is 2.06. The van der Waals surface area contributed by atoms with Crippen molar-refractivity contribution in [3.63, 3.8) is 0 Å². The summed E-state index contributed by atoms with van der Waals surface area (Å²) in [6, 6.07) is 0.0229. The molecular formula is C12H26N2O2S. The lowest BCUT2D eigenvalue weighted by Gasteiger charge is -2.21. The fourth-order valence-electron chi connectivity index (χ4n) is 1.25. The second-order valence-corrected chi connectivity index (χ2v) is 5.85. The fraction of sp³-hybridized carbons (Fsp3) is 0.917. The Hall–Kier alpha value is -0.420. The van der Waals surface area contributed by atoms with Crippen molar-refractivity contribution in [2.75, 3.05) is 18.1 Å². The van der Waals surface area contributed by atoms with E-state index in [-0.39, 0.29) is 30.6 Å². The van der Waals surface area contributed by atoms with Gasteiger partial charge in [-0.05, 0) is 37.7 Å². The molecule has 0 aliphatic heterocycles. The van der Waals surface area contributed by atoms with Crippen LogP contribution in [0.5, 0.6) is 0 Å². The lowest BCUT2D eigenvalue weighted by molar-refractivity contribution is 0.199. The van der Waals surface area contributed by atoms with Gasteiger partial charge in [0.25, 0.3) is 0 Å². The molecule has 17 heavy (non-hydrogen) atoms. The minimum absolute atomic E-state index is 0.0165.